The molecule has 29 heavy (non-hydrogen) atoms. The Morgan fingerprint density at radius 2 is 1.76 bits per heavy atom. The number of anilines is 1. The van der Waals surface area contributed by atoms with E-state index >= 15 is 0 Å². The summed E-state index contributed by atoms with van der Waals surface area (Å²) in [5.74, 6) is 0.729. The summed E-state index contributed by atoms with van der Waals surface area (Å²) >= 11 is 0. The summed E-state index contributed by atoms with van der Waals surface area (Å²) in [6.45, 7) is 0.286. The fraction of sp³-hybridized carbons (Fsp3) is 0.273. The molecule has 1 atom stereocenters. The maximum atomic E-state index is 12.3. The van der Waals surface area contributed by atoms with E-state index in [1.807, 2.05) is 18.2 Å². The van der Waals surface area contributed by atoms with Crippen LogP contribution >= 0.6 is 0 Å². The quantitative estimate of drug-likeness (QED) is 0.414. The molecule has 154 valence electrons. The van der Waals surface area contributed by atoms with Crippen LogP contribution < -0.4 is 9.46 Å². The number of aromatic amines is 1. The number of benzene rings is 2. The first-order valence-electron chi connectivity index (χ1n) is 9.63. The van der Waals surface area contributed by atoms with Gasteiger partial charge in [-0.25, -0.2) is 8.42 Å². The van der Waals surface area contributed by atoms with E-state index in [1.54, 1.807) is 54.9 Å². The first-order valence-corrected chi connectivity index (χ1v) is 11.1. The predicted octanol–water partition coefficient (Wildman–Crippen LogP) is 3.97. The highest BCUT2D eigenvalue weighted by Crippen LogP contribution is 2.18. The van der Waals surface area contributed by atoms with Gasteiger partial charge in [0.05, 0.1) is 11.0 Å². The molecule has 0 spiro atoms. The van der Waals surface area contributed by atoms with Crippen LogP contribution in [0, 0.1) is 0 Å². The second-order valence-electron chi connectivity index (χ2n) is 6.87. The Labute approximate surface area is 171 Å². The van der Waals surface area contributed by atoms with Crippen molar-refractivity contribution in [3.8, 4) is 5.75 Å². The van der Waals surface area contributed by atoms with Crippen LogP contribution in [0.15, 0.2) is 78.0 Å². The van der Waals surface area contributed by atoms with Gasteiger partial charge in [0.1, 0.15) is 12.4 Å². The molecular weight excluding hydrogens is 388 g/mol. The zero-order valence-corrected chi connectivity index (χ0v) is 16.9. The molecular formula is C22H26N2O4S. The van der Waals surface area contributed by atoms with E-state index in [1.165, 1.54) is 0 Å². The van der Waals surface area contributed by atoms with E-state index in [0.717, 1.165) is 30.6 Å². The molecule has 6 nitrogen and oxygen atoms in total. The fourth-order valence-corrected chi connectivity index (χ4v) is 4.02. The maximum Gasteiger partial charge on any atom is 0.261 e. The van der Waals surface area contributed by atoms with E-state index in [9.17, 15) is 13.5 Å². The largest absolute Gasteiger partial charge is 0.489 e. The lowest BCUT2D eigenvalue weighted by Crippen LogP contribution is -2.17. The van der Waals surface area contributed by atoms with E-state index in [2.05, 4.69) is 9.71 Å². The Balaban J connectivity index is 1.39. The molecule has 1 unspecified atom stereocenters. The van der Waals surface area contributed by atoms with Gasteiger partial charge >= 0.3 is 0 Å². The van der Waals surface area contributed by atoms with Crippen LogP contribution in [-0.2, 0) is 16.4 Å². The highest BCUT2D eigenvalue weighted by atomic mass is 32.2. The van der Waals surface area contributed by atoms with Crippen LogP contribution in [0.4, 0.5) is 5.69 Å². The first kappa shape index (κ1) is 21.0. The predicted molar refractivity (Wildman–Crippen MR) is 114 cm³/mol. The Kier molecular flexibility index (Phi) is 7.32. The van der Waals surface area contributed by atoms with Crippen LogP contribution in [0.3, 0.4) is 0 Å². The topological polar surface area (TPSA) is 91.4 Å². The molecule has 0 aliphatic heterocycles. The van der Waals surface area contributed by atoms with Crippen molar-refractivity contribution >= 4 is 15.7 Å². The summed E-state index contributed by atoms with van der Waals surface area (Å²) in [6.07, 6.45) is 6.42. The van der Waals surface area contributed by atoms with Gasteiger partial charge in [0, 0.05) is 18.1 Å². The Hall–Kier alpha value is -2.77. The number of H-pyrrole nitrogens is 1. The van der Waals surface area contributed by atoms with Gasteiger partial charge in [-0.05, 0) is 55.2 Å². The van der Waals surface area contributed by atoms with Crippen molar-refractivity contribution in [3.05, 3.63) is 78.6 Å². The van der Waals surface area contributed by atoms with E-state index in [0.29, 0.717) is 12.1 Å². The van der Waals surface area contributed by atoms with Gasteiger partial charge in [-0.1, -0.05) is 36.8 Å². The number of aromatic nitrogens is 1. The number of aryl methyl sites for hydroxylation is 1. The molecule has 0 radical (unpaired) electrons. The lowest BCUT2D eigenvalue weighted by atomic mass is 10.1. The number of rotatable bonds is 11. The van der Waals surface area contributed by atoms with Crippen molar-refractivity contribution in [2.45, 2.75) is 36.7 Å². The molecule has 0 amide bonds. The number of aliphatic hydroxyl groups is 1. The zero-order chi connectivity index (χ0) is 20.5. The molecule has 0 aliphatic rings. The second kappa shape index (κ2) is 10.1. The molecule has 0 fully saturated rings. The Morgan fingerprint density at radius 3 is 2.45 bits per heavy atom. The molecule has 1 heterocycles. The monoisotopic (exact) mass is 414 g/mol. The van der Waals surface area contributed by atoms with Gasteiger partial charge in [-0.3, -0.25) is 4.72 Å². The normalized spacial score (nSPS) is 12.4. The summed E-state index contributed by atoms with van der Waals surface area (Å²) in [5.41, 5.74) is 1.67. The highest BCUT2D eigenvalue weighted by Gasteiger charge is 2.13. The molecule has 3 N–H and O–H groups in total. The number of hydrogen-bond donors (Lipinski definition) is 3. The number of ether oxygens (including phenoxy) is 1. The number of sulfonamides is 1. The Bertz CT molecular complexity index is 956. The van der Waals surface area contributed by atoms with Crippen LogP contribution in [0.5, 0.6) is 5.75 Å². The highest BCUT2D eigenvalue weighted by molar-refractivity contribution is 7.92. The minimum Gasteiger partial charge on any atom is -0.489 e. The van der Waals surface area contributed by atoms with Crippen molar-refractivity contribution in [1.82, 2.24) is 4.98 Å². The van der Waals surface area contributed by atoms with Crippen LogP contribution in [-0.4, -0.2) is 31.2 Å². The number of nitrogens with one attached hydrogen (secondary N) is 2. The van der Waals surface area contributed by atoms with Gasteiger partial charge in [-0.2, -0.15) is 0 Å². The summed E-state index contributed by atoms with van der Waals surface area (Å²) in [7, 11) is -3.57. The smallest absolute Gasteiger partial charge is 0.261 e. The summed E-state index contributed by atoms with van der Waals surface area (Å²) in [6, 6.07) is 17.5. The standard InChI is InChI=1S/C22H26N2O4S/c25-20(17-28-21-14-15-23-16-21)7-5-4-6-18-10-12-19(13-11-18)24-29(26,27)22-8-2-1-3-9-22/h1-3,8-16,20,23-25H,4-7,17H2. The van der Waals surface area contributed by atoms with E-state index < -0.39 is 16.1 Å². The molecule has 7 heteroatoms. The molecule has 1 aromatic heterocycles. The zero-order valence-electron chi connectivity index (χ0n) is 16.1. The molecule has 3 aromatic rings. The van der Waals surface area contributed by atoms with Gasteiger partial charge in [0.2, 0.25) is 0 Å². The molecule has 0 saturated heterocycles. The third-order valence-electron chi connectivity index (χ3n) is 4.52. The first-order chi connectivity index (χ1) is 14.0. The van der Waals surface area contributed by atoms with Crippen molar-refractivity contribution in [2.24, 2.45) is 0 Å². The summed E-state index contributed by atoms with van der Waals surface area (Å²) in [4.78, 5) is 3.14. The van der Waals surface area contributed by atoms with E-state index in [4.69, 9.17) is 4.74 Å². The number of unbranched alkanes of at least 4 members (excludes halogenated alkanes) is 1. The average Bonchev–Trinajstić information content (AvgIpc) is 3.25. The van der Waals surface area contributed by atoms with Crippen molar-refractivity contribution in [3.63, 3.8) is 0 Å². The maximum absolute atomic E-state index is 12.3. The Morgan fingerprint density at radius 1 is 1.00 bits per heavy atom. The van der Waals surface area contributed by atoms with E-state index in [-0.39, 0.29) is 11.5 Å². The minimum atomic E-state index is -3.57. The molecule has 0 bridgehead atoms. The van der Waals surface area contributed by atoms with Crippen molar-refractivity contribution < 1.29 is 18.3 Å². The third kappa shape index (κ3) is 6.66. The SMILES string of the molecule is O=S(=O)(Nc1ccc(CCCCC(O)COc2cc[nH]c2)cc1)c1ccccc1. The van der Waals surface area contributed by atoms with Gasteiger partial charge in [0.15, 0.2) is 0 Å². The number of hydrogen-bond acceptors (Lipinski definition) is 4. The van der Waals surface area contributed by atoms with Crippen molar-refractivity contribution in [1.29, 1.82) is 0 Å². The lowest BCUT2D eigenvalue weighted by Gasteiger charge is -2.11. The summed E-state index contributed by atoms with van der Waals surface area (Å²) in [5, 5.41) is 9.98. The summed E-state index contributed by atoms with van der Waals surface area (Å²) < 4.78 is 32.7. The van der Waals surface area contributed by atoms with Gasteiger partial charge in [-0.15, -0.1) is 0 Å². The third-order valence-corrected chi connectivity index (χ3v) is 5.92. The fourth-order valence-electron chi connectivity index (χ4n) is 2.94. The second-order valence-corrected chi connectivity index (χ2v) is 8.56. The average molecular weight is 415 g/mol. The molecule has 3 rings (SSSR count). The van der Waals surface area contributed by atoms with Gasteiger partial charge in [0.25, 0.3) is 10.0 Å². The lowest BCUT2D eigenvalue weighted by molar-refractivity contribution is 0.0978. The van der Waals surface area contributed by atoms with Gasteiger partial charge < -0.3 is 14.8 Å². The van der Waals surface area contributed by atoms with Crippen LogP contribution in [0.1, 0.15) is 24.8 Å². The number of aliphatic hydroxyl groups excluding tert-OH is 1. The molecule has 0 aliphatic carbocycles. The van der Waals surface area contributed by atoms with Crippen LogP contribution in [0.25, 0.3) is 0 Å². The minimum absolute atomic E-state index is 0.239. The van der Waals surface area contributed by atoms with Crippen LogP contribution in [0.2, 0.25) is 0 Å². The molecule has 2 aromatic carbocycles. The molecule has 0 saturated carbocycles. The van der Waals surface area contributed by atoms with Crippen molar-refractivity contribution in [2.75, 3.05) is 11.3 Å².